The van der Waals surface area contributed by atoms with E-state index in [2.05, 4.69) is 15.3 Å². The summed E-state index contributed by atoms with van der Waals surface area (Å²) < 4.78 is 5.73. The smallest absolute Gasteiger partial charge is 0.259 e. The molecule has 1 aromatic carbocycles. The Bertz CT molecular complexity index is 825. The molecule has 0 spiro atoms. The molecular weight excluding hydrogens is 314 g/mol. The maximum atomic E-state index is 12.5. The van der Waals surface area contributed by atoms with Crippen molar-refractivity contribution in [2.45, 2.75) is 0 Å². The summed E-state index contributed by atoms with van der Waals surface area (Å²) in [5.41, 5.74) is 0.826. The van der Waals surface area contributed by atoms with Crippen molar-refractivity contribution in [1.29, 1.82) is 0 Å². The van der Waals surface area contributed by atoms with E-state index in [1.807, 2.05) is 0 Å². The van der Waals surface area contributed by atoms with E-state index >= 15 is 0 Å². The highest BCUT2D eigenvalue weighted by atomic mass is 35.5. The molecule has 0 aliphatic heterocycles. The Morgan fingerprint density at radius 3 is 2.65 bits per heavy atom. The Morgan fingerprint density at radius 2 is 1.87 bits per heavy atom. The van der Waals surface area contributed by atoms with Crippen LogP contribution in [-0.2, 0) is 0 Å². The van der Waals surface area contributed by atoms with Crippen LogP contribution in [0.25, 0.3) is 0 Å². The predicted molar refractivity (Wildman–Crippen MR) is 88.0 cm³/mol. The van der Waals surface area contributed by atoms with Crippen molar-refractivity contribution in [2.75, 3.05) is 5.32 Å². The van der Waals surface area contributed by atoms with E-state index in [-0.39, 0.29) is 11.1 Å². The number of nitrogens with zero attached hydrogens (tertiary/aromatic N) is 2. The Morgan fingerprint density at radius 1 is 1.04 bits per heavy atom. The molecule has 114 valence electrons. The highest BCUT2D eigenvalue weighted by Gasteiger charge is 2.14. The lowest BCUT2D eigenvalue weighted by atomic mass is 10.2. The summed E-state index contributed by atoms with van der Waals surface area (Å²) in [4.78, 5) is 20.4. The molecule has 0 atom stereocenters. The molecule has 23 heavy (non-hydrogen) atoms. The number of anilines is 1. The SMILES string of the molecule is O=C(Nc1cccnc1Cl)c1ccccc1Oc1cccnc1. The van der Waals surface area contributed by atoms with E-state index in [0.29, 0.717) is 22.7 Å². The molecule has 3 rings (SSSR count). The van der Waals surface area contributed by atoms with Crippen LogP contribution in [0.5, 0.6) is 11.5 Å². The van der Waals surface area contributed by atoms with Crippen LogP contribution in [-0.4, -0.2) is 15.9 Å². The maximum Gasteiger partial charge on any atom is 0.259 e. The number of benzene rings is 1. The van der Waals surface area contributed by atoms with Gasteiger partial charge in [0.2, 0.25) is 0 Å². The van der Waals surface area contributed by atoms with Crippen molar-refractivity contribution in [1.82, 2.24) is 9.97 Å². The second-order valence-corrected chi connectivity index (χ2v) is 4.94. The van der Waals surface area contributed by atoms with Crippen molar-refractivity contribution in [2.24, 2.45) is 0 Å². The lowest BCUT2D eigenvalue weighted by Gasteiger charge is -2.11. The number of aromatic nitrogens is 2. The van der Waals surface area contributed by atoms with Crippen LogP contribution in [0.15, 0.2) is 67.1 Å². The van der Waals surface area contributed by atoms with Crippen LogP contribution in [0.1, 0.15) is 10.4 Å². The van der Waals surface area contributed by atoms with Crippen molar-refractivity contribution in [3.05, 3.63) is 77.8 Å². The molecule has 6 heteroatoms. The van der Waals surface area contributed by atoms with E-state index in [1.165, 1.54) is 0 Å². The number of halogens is 1. The summed E-state index contributed by atoms with van der Waals surface area (Å²) in [6.45, 7) is 0. The zero-order valence-corrected chi connectivity index (χ0v) is 12.7. The van der Waals surface area contributed by atoms with E-state index in [1.54, 1.807) is 67.1 Å². The van der Waals surface area contributed by atoms with Gasteiger partial charge in [0.05, 0.1) is 17.4 Å². The molecule has 1 amide bonds. The minimum atomic E-state index is -0.334. The molecule has 2 aromatic heterocycles. The first-order chi connectivity index (χ1) is 11.2. The van der Waals surface area contributed by atoms with Gasteiger partial charge >= 0.3 is 0 Å². The van der Waals surface area contributed by atoms with Gasteiger partial charge < -0.3 is 10.1 Å². The summed E-state index contributed by atoms with van der Waals surface area (Å²) in [5.74, 6) is 0.643. The summed E-state index contributed by atoms with van der Waals surface area (Å²) in [6.07, 6.45) is 4.78. The van der Waals surface area contributed by atoms with Crippen LogP contribution in [0.3, 0.4) is 0 Å². The molecule has 3 aromatic rings. The molecule has 0 bridgehead atoms. The van der Waals surface area contributed by atoms with Crippen LogP contribution in [0.4, 0.5) is 5.69 Å². The van der Waals surface area contributed by atoms with Gasteiger partial charge in [0.25, 0.3) is 5.91 Å². The van der Waals surface area contributed by atoms with Gasteiger partial charge in [-0.15, -0.1) is 0 Å². The van der Waals surface area contributed by atoms with Crippen LogP contribution < -0.4 is 10.1 Å². The Balaban J connectivity index is 1.85. The lowest BCUT2D eigenvalue weighted by Crippen LogP contribution is -2.13. The van der Waals surface area contributed by atoms with E-state index in [9.17, 15) is 4.79 Å². The molecule has 5 nitrogen and oxygen atoms in total. The number of ether oxygens (including phenoxy) is 1. The highest BCUT2D eigenvalue weighted by Crippen LogP contribution is 2.26. The Kier molecular flexibility index (Phi) is 4.49. The topological polar surface area (TPSA) is 64.1 Å². The molecule has 0 aliphatic rings. The standard InChI is InChI=1S/C17H12ClN3O2/c18-16-14(7-4-10-20-16)21-17(22)13-6-1-2-8-15(13)23-12-5-3-9-19-11-12/h1-11H,(H,21,22). The van der Waals surface area contributed by atoms with Gasteiger partial charge in [-0.25, -0.2) is 4.98 Å². The summed E-state index contributed by atoms with van der Waals surface area (Å²) >= 11 is 5.96. The molecule has 0 aliphatic carbocycles. The fraction of sp³-hybridized carbons (Fsp3) is 0. The fourth-order valence-corrected chi connectivity index (χ4v) is 2.11. The van der Waals surface area contributed by atoms with Gasteiger partial charge in [0.1, 0.15) is 11.5 Å². The first kappa shape index (κ1) is 15.0. The quantitative estimate of drug-likeness (QED) is 0.731. The second-order valence-electron chi connectivity index (χ2n) is 4.58. The third-order valence-corrected chi connectivity index (χ3v) is 3.30. The van der Waals surface area contributed by atoms with Crippen molar-refractivity contribution < 1.29 is 9.53 Å². The zero-order valence-electron chi connectivity index (χ0n) is 11.9. The third-order valence-electron chi connectivity index (χ3n) is 3.00. The van der Waals surface area contributed by atoms with Crippen molar-refractivity contribution in [3.63, 3.8) is 0 Å². The van der Waals surface area contributed by atoms with E-state index in [4.69, 9.17) is 16.3 Å². The van der Waals surface area contributed by atoms with Crippen LogP contribution >= 0.6 is 11.6 Å². The van der Waals surface area contributed by atoms with Gasteiger partial charge in [0, 0.05) is 12.4 Å². The number of amides is 1. The minimum absolute atomic E-state index is 0.228. The average Bonchev–Trinajstić information content (AvgIpc) is 2.58. The van der Waals surface area contributed by atoms with Crippen LogP contribution in [0.2, 0.25) is 5.15 Å². The van der Waals surface area contributed by atoms with Gasteiger partial charge in [-0.2, -0.15) is 0 Å². The lowest BCUT2D eigenvalue weighted by molar-refractivity contribution is 0.102. The van der Waals surface area contributed by atoms with Gasteiger partial charge in [-0.05, 0) is 36.4 Å². The second kappa shape index (κ2) is 6.89. The first-order valence-corrected chi connectivity index (χ1v) is 7.20. The molecule has 0 saturated carbocycles. The fourth-order valence-electron chi connectivity index (χ4n) is 1.95. The number of carbonyl (C=O) groups is 1. The monoisotopic (exact) mass is 325 g/mol. The Hall–Kier alpha value is -2.92. The van der Waals surface area contributed by atoms with E-state index in [0.717, 1.165) is 0 Å². The van der Waals surface area contributed by atoms with Gasteiger partial charge in [-0.1, -0.05) is 23.7 Å². The number of carbonyl (C=O) groups excluding carboxylic acids is 1. The summed E-state index contributed by atoms with van der Waals surface area (Å²) in [7, 11) is 0. The van der Waals surface area contributed by atoms with Crippen molar-refractivity contribution >= 4 is 23.2 Å². The number of nitrogens with one attached hydrogen (secondary N) is 1. The molecular formula is C17H12ClN3O2. The molecule has 2 heterocycles. The Labute approximate surface area is 137 Å². The molecule has 0 fully saturated rings. The molecule has 1 N–H and O–H groups in total. The summed E-state index contributed by atoms with van der Waals surface area (Å²) in [6, 6.07) is 13.8. The maximum absolute atomic E-state index is 12.5. The zero-order chi connectivity index (χ0) is 16.1. The van der Waals surface area contributed by atoms with Crippen molar-refractivity contribution in [3.8, 4) is 11.5 Å². The molecule has 0 saturated heterocycles. The number of para-hydroxylation sites is 1. The number of hydrogen-bond donors (Lipinski definition) is 1. The third kappa shape index (κ3) is 3.64. The van der Waals surface area contributed by atoms with Gasteiger partial charge in [0.15, 0.2) is 5.15 Å². The normalized spacial score (nSPS) is 10.1. The van der Waals surface area contributed by atoms with Crippen LogP contribution in [0, 0.1) is 0 Å². The number of pyridine rings is 2. The highest BCUT2D eigenvalue weighted by molar-refractivity contribution is 6.32. The number of rotatable bonds is 4. The number of hydrogen-bond acceptors (Lipinski definition) is 4. The predicted octanol–water partition coefficient (Wildman–Crippen LogP) is 4.17. The molecule has 0 unspecified atom stereocenters. The van der Waals surface area contributed by atoms with E-state index < -0.39 is 0 Å². The molecule has 0 radical (unpaired) electrons. The first-order valence-electron chi connectivity index (χ1n) is 6.83. The van der Waals surface area contributed by atoms with Gasteiger partial charge in [-0.3, -0.25) is 9.78 Å². The minimum Gasteiger partial charge on any atom is -0.455 e. The average molecular weight is 326 g/mol. The summed E-state index contributed by atoms with van der Waals surface area (Å²) in [5, 5.41) is 2.95. The largest absolute Gasteiger partial charge is 0.455 e.